The van der Waals surface area contributed by atoms with Crippen LogP contribution in [0.2, 0.25) is 0 Å². The maximum Gasteiger partial charge on any atom is 4.00 e. The molecular weight excluding hydrogens is 419 g/mol. The molecule has 0 atom stereocenters. The molecule has 17 heavy (non-hydrogen) atoms. The molecule has 9 heteroatoms. The number of carbonyl (C=O) groups is 4. The van der Waals surface area contributed by atoms with Gasteiger partial charge in [0.05, 0.1) is 0 Å². The predicted octanol–water partition coefficient (Wildman–Crippen LogP) is -4.98. The topological polar surface area (TPSA) is 161 Å². The Labute approximate surface area is 113 Å². The van der Waals surface area contributed by atoms with Crippen molar-refractivity contribution < 1.29 is 60.7 Å². The monoisotopic (exact) mass is 431 g/mol. The molecule has 0 N–H and O–H groups in total. The first kappa shape index (κ1) is 29.6. The summed E-state index contributed by atoms with van der Waals surface area (Å²) in [5.41, 5.74) is 0. The normalized spacial score (nSPS) is 5.88. The van der Waals surface area contributed by atoms with E-state index in [1.54, 1.807) is 0 Å². The van der Waals surface area contributed by atoms with Crippen molar-refractivity contribution in [2.75, 3.05) is 0 Å². The Morgan fingerprint density at radius 1 is 0.529 bits per heavy atom. The Bertz CT molecular complexity index is 162. The summed E-state index contributed by atoms with van der Waals surface area (Å²) in [7, 11) is 0. The van der Waals surface area contributed by atoms with Crippen LogP contribution in [0.4, 0.5) is 0 Å². The molecule has 0 aliphatic carbocycles. The molecule has 0 radical (unpaired) electrons. The average Bonchev–Trinajstić information content (AvgIpc) is 1.76. The zero-order valence-electron chi connectivity index (χ0n) is 9.58. The molecule has 0 unspecified atom stereocenters. The molecule has 0 aromatic heterocycles. The van der Waals surface area contributed by atoms with Crippen molar-refractivity contribution in [2.45, 2.75) is 27.7 Å². The fourth-order valence-electron chi connectivity index (χ4n) is 0. The Kier molecular flexibility index (Phi) is 41.8. The van der Waals surface area contributed by atoms with Gasteiger partial charge < -0.3 is 39.6 Å². The van der Waals surface area contributed by atoms with E-state index in [0.29, 0.717) is 0 Å². The second kappa shape index (κ2) is 24.0. The molecular formula is C8H12O8Pt. The third kappa shape index (κ3) is 1120. The van der Waals surface area contributed by atoms with Crippen molar-refractivity contribution in [1.29, 1.82) is 0 Å². The van der Waals surface area contributed by atoms with Crippen LogP contribution in [-0.2, 0) is 40.2 Å². The Morgan fingerprint density at radius 2 is 0.529 bits per heavy atom. The van der Waals surface area contributed by atoms with Crippen LogP contribution in [0.25, 0.3) is 0 Å². The molecule has 0 saturated heterocycles. The quantitative estimate of drug-likeness (QED) is 0.369. The number of carbonyl (C=O) groups excluding carboxylic acids is 4. The largest absolute Gasteiger partial charge is 4.00 e. The van der Waals surface area contributed by atoms with E-state index in [4.69, 9.17) is 39.6 Å². The molecule has 102 valence electrons. The summed E-state index contributed by atoms with van der Waals surface area (Å²) in [6, 6.07) is 0. The second-order valence-electron chi connectivity index (χ2n) is 1.97. The van der Waals surface area contributed by atoms with Gasteiger partial charge in [0.1, 0.15) is 0 Å². The van der Waals surface area contributed by atoms with Crippen molar-refractivity contribution in [1.82, 2.24) is 0 Å². The minimum atomic E-state index is -1.08. The summed E-state index contributed by atoms with van der Waals surface area (Å²) in [4.78, 5) is 35.6. The molecule has 0 bridgehead atoms. The standard InChI is InChI=1S/4C2H4O2.Pt/c4*1-2(3)4;/h4*1H3,(H,3,4);/q;;;;+4/p-4. The van der Waals surface area contributed by atoms with Gasteiger partial charge in [-0.15, -0.1) is 0 Å². The van der Waals surface area contributed by atoms with Crippen LogP contribution >= 0.6 is 0 Å². The van der Waals surface area contributed by atoms with Crippen molar-refractivity contribution in [3.63, 3.8) is 0 Å². The van der Waals surface area contributed by atoms with Crippen LogP contribution in [0.3, 0.4) is 0 Å². The summed E-state index contributed by atoms with van der Waals surface area (Å²) in [5.74, 6) is -4.33. The summed E-state index contributed by atoms with van der Waals surface area (Å²) in [5, 5.41) is 35.6. The molecule has 0 rings (SSSR count). The van der Waals surface area contributed by atoms with Gasteiger partial charge in [-0.3, -0.25) is 0 Å². The minimum absolute atomic E-state index is 0. The van der Waals surface area contributed by atoms with E-state index in [9.17, 15) is 0 Å². The van der Waals surface area contributed by atoms with Gasteiger partial charge >= 0.3 is 21.1 Å². The van der Waals surface area contributed by atoms with E-state index in [1.165, 1.54) is 0 Å². The summed E-state index contributed by atoms with van der Waals surface area (Å²) in [6.45, 7) is 3.89. The molecule has 0 spiro atoms. The molecule has 0 fully saturated rings. The first-order chi connectivity index (χ1) is 6.93. The molecule has 0 amide bonds. The maximum absolute atomic E-state index is 8.89. The van der Waals surface area contributed by atoms with Gasteiger partial charge in [0, 0.05) is 23.9 Å². The number of carboxylic acid groups (broad SMARTS) is 4. The van der Waals surface area contributed by atoms with Crippen LogP contribution < -0.4 is 20.4 Å². The number of hydrogen-bond acceptors (Lipinski definition) is 8. The first-order valence-corrected chi connectivity index (χ1v) is 3.63. The summed E-state index contributed by atoms with van der Waals surface area (Å²) in [6.07, 6.45) is 0. The SMILES string of the molecule is CC(=O)[O-].CC(=O)[O-].CC(=O)[O-].CC(=O)[O-].[Pt+4]. The molecule has 8 nitrogen and oxygen atoms in total. The van der Waals surface area contributed by atoms with Crippen molar-refractivity contribution >= 4 is 23.9 Å². The van der Waals surface area contributed by atoms with Crippen LogP contribution in [0.15, 0.2) is 0 Å². The number of rotatable bonds is 0. The van der Waals surface area contributed by atoms with E-state index < -0.39 is 23.9 Å². The third-order valence-corrected chi connectivity index (χ3v) is 0. The Balaban J connectivity index is -0.0000000369. The number of hydrogen-bond donors (Lipinski definition) is 0. The summed E-state index contributed by atoms with van der Waals surface area (Å²) < 4.78 is 0. The van der Waals surface area contributed by atoms with Crippen molar-refractivity contribution in [2.24, 2.45) is 0 Å². The van der Waals surface area contributed by atoms with Crippen LogP contribution in [0.5, 0.6) is 0 Å². The van der Waals surface area contributed by atoms with E-state index in [-0.39, 0.29) is 21.1 Å². The molecule has 0 heterocycles. The van der Waals surface area contributed by atoms with Crippen LogP contribution in [-0.4, -0.2) is 23.9 Å². The zero-order chi connectivity index (χ0) is 14.3. The van der Waals surface area contributed by atoms with Gasteiger partial charge in [-0.2, -0.15) is 0 Å². The maximum atomic E-state index is 8.89. The van der Waals surface area contributed by atoms with Crippen LogP contribution in [0.1, 0.15) is 27.7 Å². The minimum Gasteiger partial charge on any atom is -0.550 e. The van der Waals surface area contributed by atoms with Gasteiger partial charge in [0.25, 0.3) is 0 Å². The fourth-order valence-corrected chi connectivity index (χ4v) is 0. The van der Waals surface area contributed by atoms with Gasteiger partial charge in [-0.25, -0.2) is 0 Å². The number of carboxylic acids is 4. The van der Waals surface area contributed by atoms with E-state index >= 15 is 0 Å². The average molecular weight is 431 g/mol. The van der Waals surface area contributed by atoms with E-state index in [0.717, 1.165) is 27.7 Å². The molecule has 0 aromatic rings. The molecule has 0 aliphatic heterocycles. The zero-order valence-corrected chi connectivity index (χ0v) is 11.9. The van der Waals surface area contributed by atoms with Gasteiger partial charge in [-0.05, 0) is 27.7 Å². The van der Waals surface area contributed by atoms with Crippen molar-refractivity contribution in [3.05, 3.63) is 0 Å². The molecule has 0 aromatic carbocycles. The van der Waals surface area contributed by atoms with E-state index in [1.807, 2.05) is 0 Å². The fraction of sp³-hybridized carbons (Fsp3) is 0.500. The Morgan fingerprint density at radius 3 is 0.529 bits per heavy atom. The third-order valence-electron chi connectivity index (χ3n) is 0. The van der Waals surface area contributed by atoms with Gasteiger partial charge in [0.15, 0.2) is 0 Å². The van der Waals surface area contributed by atoms with Crippen molar-refractivity contribution in [3.8, 4) is 0 Å². The molecule has 0 aliphatic rings. The van der Waals surface area contributed by atoms with Crippen LogP contribution in [0, 0.1) is 0 Å². The van der Waals surface area contributed by atoms with Gasteiger partial charge in [-0.1, -0.05) is 0 Å². The smallest absolute Gasteiger partial charge is 0.550 e. The second-order valence-corrected chi connectivity index (χ2v) is 1.97. The Hall–Kier alpha value is -1.43. The molecule has 0 saturated carbocycles. The number of aliphatic carboxylic acids is 4. The van der Waals surface area contributed by atoms with E-state index in [2.05, 4.69) is 0 Å². The first-order valence-electron chi connectivity index (χ1n) is 3.63. The van der Waals surface area contributed by atoms with Gasteiger partial charge in [0.2, 0.25) is 0 Å². The predicted molar refractivity (Wildman–Crippen MR) is 42.7 cm³/mol. The summed E-state index contributed by atoms with van der Waals surface area (Å²) >= 11 is 0.